The first-order valence-electron chi connectivity index (χ1n) is 9.21. The lowest BCUT2D eigenvalue weighted by Gasteiger charge is -2.21. The number of hydrogen-bond acceptors (Lipinski definition) is 3. The molecule has 0 spiro atoms. The fourth-order valence-electron chi connectivity index (χ4n) is 2.97. The van der Waals surface area contributed by atoms with Gasteiger partial charge in [0.1, 0.15) is 11.5 Å². The maximum absolute atomic E-state index is 12.7. The number of nitrogens with zero attached hydrogens (tertiary/aromatic N) is 2. The number of aryl methyl sites for hydroxylation is 1. The summed E-state index contributed by atoms with van der Waals surface area (Å²) in [6.45, 7) is 4.72. The van der Waals surface area contributed by atoms with Gasteiger partial charge in [-0.1, -0.05) is 48.5 Å². The molecule has 0 saturated carbocycles. The third-order valence-corrected chi connectivity index (χ3v) is 4.46. The molecule has 140 valence electrons. The number of rotatable bonds is 8. The van der Waals surface area contributed by atoms with Crippen molar-refractivity contribution in [1.29, 1.82) is 5.26 Å². The van der Waals surface area contributed by atoms with Gasteiger partial charge in [-0.3, -0.25) is 4.79 Å². The van der Waals surface area contributed by atoms with Gasteiger partial charge in [-0.05, 0) is 29.8 Å². The van der Waals surface area contributed by atoms with Gasteiger partial charge >= 0.3 is 0 Å². The Balaban J connectivity index is 1.60. The third-order valence-electron chi connectivity index (χ3n) is 4.46. The van der Waals surface area contributed by atoms with Crippen molar-refractivity contribution in [1.82, 2.24) is 4.90 Å². The van der Waals surface area contributed by atoms with E-state index in [0.717, 1.165) is 22.6 Å². The molecule has 0 aliphatic heterocycles. The molecule has 0 saturated heterocycles. The van der Waals surface area contributed by atoms with Crippen LogP contribution in [0.25, 0.3) is 11.3 Å². The Bertz CT molecular complexity index is 966. The normalized spacial score (nSPS) is 10.2. The first-order chi connectivity index (χ1) is 13.7. The third kappa shape index (κ3) is 4.99. The van der Waals surface area contributed by atoms with Crippen LogP contribution in [-0.4, -0.2) is 17.4 Å². The van der Waals surface area contributed by atoms with E-state index >= 15 is 0 Å². The van der Waals surface area contributed by atoms with Gasteiger partial charge in [0, 0.05) is 31.5 Å². The zero-order chi connectivity index (χ0) is 19.8. The molecule has 3 rings (SSSR count). The Kier molecular flexibility index (Phi) is 6.43. The van der Waals surface area contributed by atoms with Crippen molar-refractivity contribution in [2.24, 2.45) is 0 Å². The first kappa shape index (κ1) is 19.2. The van der Waals surface area contributed by atoms with Crippen LogP contribution in [0.3, 0.4) is 0 Å². The minimum Gasteiger partial charge on any atom is -0.461 e. The Hall–Kier alpha value is -3.58. The van der Waals surface area contributed by atoms with Crippen LogP contribution in [0.1, 0.15) is 23.3 Å². The van der Waals surface area contributed by atoms with Crippen LogP contribution in [0.5, 0.6) is 0 Å². The minimum atomic E-state index is 0.0434. The summed E-state index contributed by atoms with van der Waals surface area (Å²) >= 11 is 0. The van der Waals surface area contributed by atoms with Gasteiger partial charge in [-0.15, -0.1) is 6.58 Å². The van der Waals surface area contributed by atoms with E-state index in [1.807, 2.05) is 54.6 Å². The number of carbonyl (C=O) groups is 1. The Morgan fingerprint density at radius 3 is 2.50 bits per heavy atom. The lowest BCUT2D eigenvalue weighted by Crippen LogP contribution is -2.30. The maximum Gasteiger partial charge on any atom is 0.223 e. The van der Waals surface area contributed by atoms with Gasteiger partial charge in [-0.2, -0.15) is 5.26 Å². The van der Waals surface area contributed by atoms with E-state index in [0.29, 0.717) is 31.5 Å². The standard InChI is InChI=1S/C24H22N2O2/c1-2-16-26(18-20-10-8-19(17-25)9-11-20)24(27)15-13-22-12-14-23(28-22)21-6-4-3-5-7-21/h2-12,14H,1,13,15-16,18H2. The quantitative estimate of drug-likeness (QED) is 0.526. The predicted molar refractivity (Wildman–Crippen MR) is 109 cm³/mol. The van der Waals surface area contributed by atoms with Crippen molar-refractivity contribution < 1.29 is 9.21 Å². The summed E-state index contributed by atoms with van der Waals surface area (Å²) in [6.07, 6.45) is 2.64. The smallest absolute Gasteiger partial charge is 0.223 e. The highest BCUT2D eigenvalue weighted by Crippen LogP contribution is 2.22. The number of benzene rings is 2. The molecule has 4 nitrogen and oxygen atoms in total. The fourth-order valence-corrected chi connectivity index (χ4v) is 2.97. The molecule has 0 N–H and O–H groups in total. The molecule has 0 aliphatic rings. The van der Waals surface area contributed by atoms with E-state index in [4.69, 9.17) is 9.68 Å². The molecule has 1 amide bonds. The maximum atomic E-state index is 12.7. The van der Waals surface area contributed by atoms with Gasteiger partial charge in [0.25, 0.3) is 0 Å². The monoisotopic (exact) mass is 370 g/mol. The molecule has 4 heteroatoms. The second-order valence-corrected chi connectivity index (χ2v) is 6.50. The number of amides is 1. The second-order valence-electron chi connectivity index (χ2n) is 6.50. The zero-order valence-corrected chi connectivity index (χ0v) is 15.7. The Labute approximate surface area is 165 Å². The zero-order valence-electron chi connectivity index (χ0n) is 15.7. The highest BCUT2D eigenvalue weighted by molar-refractivity contribution is 5.76. The van der Waals surface area contributed by atoms with E-state index in [9.17, 15) is 4.79 Å². The van der Waals surface area contributed by atoms with Gasteiger partial charge in [0.15, 0.2) is 0 Å². The summed E-state index contributed by atoms with van der Waals surface area (Å²) in [4.78, 5) is 14.5. The highest BCUT2D eigenvalue weighted by atomic mass is 16.3. The van der Waals surface area contributed by atoms with Gasteiger partial charge in [-0.25, -0.2) is 0 Å². The molecular formula is C24H22N2O2. The van der Waals surface area contributed by atoms with Crippen LogP contribution in [0, 0.1) is 11.3 Å². The first-order valence-corrected chi connectivity index (χ1v) is 9.21. The molecule has 0 atom stereocenters. The van der Waals surface area contributed by atoms with Gasteiger partial charge < -0.3 is 9.32 Å². The van der Waals surface area contributed by atoms with Crippen LogP contribution in [-0.2, 0) is 17.8 Å². The van der Waals surface area contributed by atoms with E-state index < -0.39 is 0 Å². The average molecular weight is 370 g/mol. The molecule has 2 aromatic carbocycles. The van der Waals surface area contributed by atoms with E-state index in [-0.39, 0.29) is 5.91 Å². The number of nitriles is 1. The molecule has 0 aliphatic carbocycles. The molecule has 0 fully saturated rings. The summed E-state index contributed by atoms with van der Waals surface area (Å²) in [7, 11) is 0. The van der Waals surface area contributed by atoms with Crippen LogP contribution in [0.2, 0.25) is 0 Å². The molecule has 1 heterocycles. The van der Waals surface area contributed by atoms with Crippen molar-refractivity contribution in [3.05, 3.63) is 96.3 Å². The topological polar surface area (TPSA) is 57.2 Å². The summed E-state index contributed by atoms with van der Waals surface area (Å²) in [5.74, 6) is 1.65. The number of hydrogen-bond donors (Lipinski definition) is 0. The summed E-state index contributed by atoms with van der Waals surface area (Å²) < 4.78 is 5.88. The van der Waals surface area contributed by atoms with Crippen molar-refractivity contribution >= 4 is 5.91 Å². The highest BCUT2D eigenvalue weighted by Gasteiger charge is 2.14. The Morgan fingerprint density at radius 2 is 1.82 bits per heavy atom. The van der Waals surface area contributed by atoms with Crippen molar-refractivity contribution in [2.45, 2.75) is 19.4 Å². The summed E-state index contributed by atoms with van der Waals surface area (Å²) in [6, 6.07) is 23.1. The van der Waals surface area contributed by atoms with Gasteiger partial charge in [0.2, 0.25) is 5.91 Å². The average Bonchev–Trinajstić information content (AvgIpc) is 3.22. The molecular weight excluding hydrogens is 348 g/mol. The van der Waals surface area contributed by atoms with Crippen molar-refractivity contribution in [3.63, 3.8) is 0 Å². The molecule has 0 radical (unpaired) electrons. The van der Waals surface area contributed by atoms with E-state index in [1.165, 1.54) is 0 Å². The lowest BCUT2D eigenvalue weighted by atomic mass is 10.1. The number of carbonyl (C=O) groups excluding carboxylic acids is 1. The summed E-state index contributed by atoms with van der Waals surface area (Å²) in [5, 5.41) is 8.90. The minimum absolute atomic E-state index is 0.0434. The van der Waals surface area contributed by atoms with E-state index in [1.54, 1.807) is 23.1 Å². The fraction of sp³-hybridized carbons (Fsp3) is 0.167. The molecule has 0 bridgehead atoms. The molecule has 0 unspecified atom stereocenters. The number of furan rings is 1. The van der Waals surface area contributed by atoms with Crippen molar-refractivity contribution in [3.8, 4) is 17.4 Å². The molecule has 1 aromatic heterocycles. The SMILES string of the molecule is C=CCN(Cc1ccc(C#N)cc1)C(=O)CCc1ccc(-c2ccccc2)o1. The molecule has 28 heavy (non-hydrogen) atoms. The van der Waals surface area contributed by atoms with E-state index in [2.05, 4.69) is 12.6 Å². The van der Waals surface area contributed by atoms with Crippen LogP contribution < -0.4 is 0 Å². The largest absolute Gasteiger partial charge is 0.461 e. The molecule has 3 aromatic rings. The van der Waals surface area contributed by atoms with Gasteiger partial charge in [0.05, 0.1) is 11.6 Å². The van der Waals surface area contributed by atoms with Crippen molar-refractivity contribution in [2.75, 3.05) is 6.54 Å². The van der Waals surface area contributed by atoms with Crippen LogP contribution in [0.4, 0.5) is 0 Å². The predicted octanol–water partition coefficient (Wildman–Crippen LogP) is 4.97. The Morgan fingerprint density at radius 1 is 1.07 bits per heavy atom. The second kappa shape index (κ2) is 9.38. The lowest BCUT2D eigenvalue weighted by molar-refractivity contribution is -0.131. The summed E-state index contributed by atoms with van der Waals surface area (Å²) in [5.41, 5.74) is 2.62. The van der Waals surface area contributed by atoms with Crippen LogP contribution in [0.15, 0.2) is 83.8 Å². The van der Waals surface area contributed by atoms with Crippen LogP contribution >= 0.6 is 0 Å².